The standard InChI is InChI=1S/C11H18N2O3/c1-7(2)8(9-4-12-6-13-9)3-10(15)11(16)5-14/h4,6-8,10,14-15H,3,5H2,1-2H3,(H,12,13). The van der Waals surface area contributed by atoms with Crippen LogP contribution in [0.25, 0.3) is 0 Å². The van der Waals surface area contributed by atoms with Gasteiger partial charge >= 0.3 is 0 Å². The minimum atomic E-state index is -1.11. The van der Waals surface area contributed by atoms with Crippen molar-refractivity contribution in [1.29, 1.82) is 0 Å². The summed E-state index contributed by atoms with van der Waals surface area (Å²) in [6.07, 6.45) is 2.46. The number of ketones is 1. The average molecular weight is 226 g/mol. The molecule has 1 aromatic rings. The largest absolute Gasteiger partial charge is 0.388 e. The number of aromatic nitrogens is 2. The summed E-state index contributed by atoms with van der Waals surface area (Å²) in [5, 5.41) is 18.2. The Bertz CT molecular complexity index is 322. The number of aromatic amines is 1. The second kappa shape index (κ2) is 5.77. The van der Waals surface area contributed by atoms with E-state index < -0.39 is 18.5 Å². The molecule has 5 nitrogen and oxygen atoms in total. The third kappa shape index (κ3) is 3.15. The molecule has 5 heteroatoms. The number of imidazole rings is 1. The van der Waals surface area contributed by atoms with Gasteiger partial charge in [-0.3, -0.25) is 4.79 Å². The first-order chi connectivity index (χ1) is 7.56. The molecule has 2 unspecified atom stereocenters. The molecule has 0 spiro atoms. The van der Waals surface area contributed by atoms with E-state index in [0.717, 1.165) is 5.69 Å². The first kappa shape index (κ1) is 12.9. The molecule has 0 aliphatic heterocycles. The first-order valence-electron chi connectivity index (χ1n) is 5.36. The molecule has 0 aliphatic carbocycles. The third-order valence-electron chi connectivity index (χ3n) is 2.73. The van der Waals surface area contributed by atoms with Crippen LogP contribution in [0.5, 0.6) is 0 Å². The van der Waals surface area contributed by atoms with E-state index in [1.807, 2.05) is 13.8 Å². The highest BCUT2D eigenvalue weighted by molar-refractivity contribution is 5.83. The molecule has 0 aliphatic rings. The topological polar surface area (TPSA) is 86.2 Å². The molecule has 1 aromatic heterocycles. The van der Waals surface area contributed by atoms with Crippen LogP contribution in [0.2, 0.25) is 0 Å². The number of carbonyl (C=O) groups is 1. The molecule has 1 rings (SSSR count). The minimum absolute atomic E-state index is 0.0352. The summed E-state index contributed by atoms with van der Waals surface area (Å²) < 4.78 is 0. The number of H-pyrrole nitrogens is 1. The van der Waals surface area contributed by atoms with Crippen LogP contribution < -0.4 is 0 Å². The van der Waals surface area contributed by atoms with Crippen LogP contribution in [0, 0.1) is 5.92 Å². The van der Waals surface area contributed by atoms with Gasteiger partial charge < -0.3 is 15.2 Å². The van der Waals surface area contributed by atoms with Crippen molar-refractivity contribution < 1.29 is 15.0 Å². The monoisotopic (exact) mass is 226 g/mol. The van der Waals surface area contributed by atoms with E-state index >= 15 is 0 Å². The molecule has 1 heterocycles. The molecular weight excluding hydrogens is 208 g/mol. The molecular formula is C11H18N2O3. The second-order valence-electron chi connectivity index (χ2n) is 4.23. The number of aliphatic hydroxyl groups excluding tert-OH is 2. The van der Waals surface area contributed by atoms with E-state index in [1.54, 1.807) is 12.5 Å². The maximum atomic E-state index is 11.1. The zero-order valence-electron chi connectivity index (χ0n) is 9.55. The van der Waals surface area contributed by atoms with Crippen molar-refractivity contribution >= 4 is 5.78 Å². The maximum Gasteiger partial charge on any atom is 0.186 e. The average Bonchev–Trinajstić information content (AvgIpc) is 2.76. The van der Waals surface area contributed by atoms with Crippen molar-refractivity contribution in [3.63, 3.8) is 0 Å². The van der Waals surface area contributed by atoms with E-state index in [1.165, 1.54) is 0 Å². The van der Waals surface area contributed by atoms with Crippen LogP contribution >= 0.6 is 0 Å². The Morgan fingerprint density at radius 2 is 2.25 bits per heavy atom. The molecule has 3 N–H and O–H groups in total. The zero-order valence-corrected chi connectivity index (χ0v) is 9.55. The summed E-state index contributed by atoms with van der Waals surface area (Å²) in [5.41, 5.74) is 0.903. The smallest absolute Gasteiger partial charge is 0.186 e. The molecule has 0 aromatic carbocycles. The van der Waals surface area contributed by atoms with Crippen molar-refractivity contribution in [1.82, 2.24) is 9.97 Å². The summed E-state index contributed by atoms with van der Waals surface area (Å²) >= 11 is 0. The quantitative estimate of drug-likeness (QED) is 0.657. The highest BCUT2D eigenvalue weighted by atomic mass is 16.3. The lowest BCUT2D eigenvalue weighted by Crippen LogP contribution is -2.27. The van der Waals surface area contributed by atoms with Crippen LogP contribution in [0.15, 0.2) is 12.5 Å². The summed E-state index contributed by atoms with van der Waals surface area (Å²) in [6.45, 7) is 3.41. The van der Waals surface area contributed by atoms with Gasteiger partial charge in [0.2, 0.25) is 0 Å². The molecule has 16 heavy (non-hydrogen) atoms. The Labute approximate surface area is 94.5 Å². The van der Waals surface area contributed by atoms with E-state index in [-0.39, 0.29) is 11.8 Å². The van der Waals surface area contributed by atoms with Gasteiger partial charge in [0.05, 0.1) is 6.33 Å². The van der Waals surface area contributed by atoms with Gasteiger partial charge in [0.25, 0.3) is 0 Å². The lowest BCUT2D eigenvalue weighted by molar-refractivity contribution is -0.130. The Morgan fingerprint density at radius 1 is 1.56 bits per heavy atom. The fourth-order valence-electron chi connectivity index (χ4n) is 1.71. The molecule has 2 atom stereocenters. The predicted octanol–water partition coefficient (Wildman–Crippen LogP) is 0.462. The van der Waals surface area contributed by atoms with E-state index in [4.69, 9.17) is 5.11 Å². The Hall–Kier alpha value is -1.20. The highest BCUT2D eigenvalue weighted by Gasteiger charge is 2.24. The number of nitrogens with one attached hydrogen (secondary N) is 1. The van der Waals surface area contributed by atoms with E-state index in [9.17, 15) is 9.90 Å². The number of Topliss-reactive ketones (excluding diaryl/α,β-unsaturated/α-hetero) is 1. The van der Waals surface area contributed by atoms with Gasteiger partial charge in [-0.25, -0.2) is 4.98 Å². The highest BCUT2D eigenvalue weighted by Crippen LogP contribution is 2.27. The normalized spacial score (nSPS) is 15.1. The molecule has 0 fully saturated rings. The number of carbonyl (C=O) groups excluding carboxylic acids is 1. The second-order valence-corrected chi connectivity index (χ2v) is 4.23. The summed E-state index contributed by atoms with van der Waals surface area (Å²) in [4.78, 5) is 18.0. The van der Waals surface area contributed by atoms with Gasteiger partial charge in [0.15, 0.2) is 5.78 Å². The maximum absolute atomic E-state index is 11.1. The van der Waals surface area contributed by atoms with Crippen LogP contribution in [0.4, 0.5) is 0 Å². The fraction of sp³-hybridized carbons (Fsp3) is 0.636. The van der Waals surface area contributed by atoms with Crippen LogP contribution in [0.1, 0.15) is 31.9 Å². The van der Waals surface area contributed by atoms with Crippen molar-refractivity contribution in [2.75, 3.05) is 6.61 Å². The van der Waals surface area contributed by atoms with Gasteiger partial charge in [0, 0.05) is 17.8 Å². The van der Waals surface area contributed by atoms with Gasteiger partial charge in [-0.1, -0.05) is 13.8 Å². The van der Waals surface area contributed by atoms with Crippen molar-refractivity contribution in [3.05, 3.63) is 18.2 Å². The molecule has 0 amide bonds. The summed E-state index contributed by atoms with van der Waals surface area (Å²) in [5.74, 6) is -0.222. The predicted molar refractivity (Wildman–Crippen MR) is 58.9 cm³/mol. The van der Waals surface area contributed by atoms with Crippen molar-refractivity contribution in [3.8, 4) is 0 Å². The van der Waals surface area contributed by atoms with Crippen LogP contribution in [-0.4, -0.2) is 38.7 Å². The van der Waals surface area contributed by atoms with Crippen LogP contribution in [0.3, 0.4) is 0 Å². The Morgan fingerprint density at radius 3 is 2.69 bits per heavy atom. The van der Waals surface area contributed by atoms with E-state index in [0.29, 0.717) is 6.42 Å². The summed E-state index contributed by atoms with van der Waals surface area (Å²) in [6, 6.07) is 0. The fourth-order valence-corrected chi connectivity index (χ4v) is 1.71. The SMILES string of the molecule is CC(C)C(CC(O)C(=O)CO)c1cnc[nH]1. The Kier molecular flexibility index (Phi) is 4.64. The number of rotatable bonds is 6. The number of hydrogen-bond donors (Lipinski definition) is 3. The first-order valence-corrected chi connectivity index (χ1v) is 5.36. The third-order valence-corrected chi connectivity index (χ3v) is 2.73. The minimum Gasteiger partial charge on any atom is -0.388 e. The molecule has 0 bridgehead atoms. The number of hydrogen-bond acceptors (Lipinski definition) is 4. The van der Waals surface area contributed by atoms with Crippen molar-refractivity contribution in [2.24, 2.45) is 5.92 Å². The zero-order chi connectivity index (χ0) is 12.1. The lowest BCUT2D eigenvalue weighted by Gasteiger charge is -2.21. The molecule has 0 radical (unpaired) electrons. The number of nitrogens with zero attached hydrogens (tertiary/aromatic N) is 1. The van der Waals surface area contributed by atoms with Gasteiger partial charge in [-0.2, -0.15) is 0 Å². The van der Waals surface area contributed by atoms with Crippen LogP contribution in [-0.2, 0) is 4.79 Å². The van der Waals surface area contributed by atoms with E-state index in [2.05, 4.69) is 9.97 Å². The molecule has 0 saturated carbocycles. The lowest BCUT2D eigenvalue weighted by atomic mass is 9.87. The molecule has 0 saturated heterocycles. The Balaban J connectivity index is 2.70. The summed E-state index contributed by atoms with van der Waals surface area (Å²) in [7, 11) is 0. The van der Waals surface area contributed by atoms with Gasteiger partial charge in [0.1, 0.15) is 12.7 Å². The van der Waals surface area contributed by atoms with Gasteiger partial charge in [-0.15, -0.1) is 0 Å². The molecule has 90 valence electrons. The van der Waals surface area contributed by atoms with Gasteiger partial charge in [-0.05, 0) is 12.3 Å². The van der Waals surface area contributed by atoms with Crippen molar-refractivity contribution in [2.45, 2.75) is 32.3 Å². The number of aliphatic hydroxyl groups is 2.